The number of ketones is 1. The molecule has 0 bridgehead atoms. The van der Waals surface area contributed by atoms with Crippen LogP contribution in [-0.4, -0.2) is 25.5 Å². The summed E-state index contributed by atoms with van der Waals surface area (Å²) in [6, 6.07) is 0. The van der Waals surface area contributed by atoms with E-state index in [0.29, 0.717) is 31.5 Å². The smallest absolute Gasteiger partial charge is 0.164 e. The van der Waals surface area contributed by atoms with Crippen LogP contribution in [0.5, 0.6) is 0 Å². The van der Waals surface area contributed by atoms with Crippen molar-refractivity contribution in [3.8, 4) is 0 Å². The first-order chi connectivity index (χ1) is 10.1. The Morgan fingerprint density at radius 2 is 2.00 bits per heavy atom. The summed E-state index contributed by atoms with van der Waals surface area (Å²) in [5.74, 6) is 1.69. The van der Waals surface area contributed by atoms with Gasteiger partial charge < -0.3 is 10.1 Å². The Hall–Kier alpha value is -1.49. The fourth-order valence-corrected chi connectivity index (χ4v) is 4.40. The zero-order valence-corrected chi connectivity index (χ0v) is 12.6. The predicted molar refractivity (Wildman–Crippen MR) is 77.3 cm³/mol. The minimum absolute atomic E-state index is 0.109. The van der Waals surface area contributed by atoms with Crippen LogP contribution < -0.4 is 5.32 Å². The quantitative estimate of drug-likeness (QED) is 0.744. The topological polar surface area (TPSA) is 63.0 Å². The van der Waals surface area contributed by atoms with Gasteiger partial charge in [-0.05, 0) is 25.2 Å². The van der Waals surface area contributed by atoms with Gasteiger partial charge in [0.15, 0.2) is 11.6 Å². The lowest BCUT2D eigenvalue weighted by Crippen LogP contribution is -2.47. The van der Waals surface area contributed by atoms with Crippen LogP contribution in [-0.2, 0) is 9.53 Å². The van der Waals surface area contributed by atoms with Crippen molar-refractivity contribution in [1.29, 1.82) is 0 Å². The number of allylic oxidation sites excluding steroid dienone is 2. The fraction of sp³-hybridized carbons (Fsp3) is 0.688. The van der Waals surface area contributed by atoms with E-state index >= 15 is 0 Å². The standard InChI is InChI=1S/C16H21N3O2/c1-9-7-10(2)14(20)12-13(9)18-15-11(8-17-19-15)16(12)3-5-21-6-4-16/h9-10,18H,3-8H2,1-2H3/t9-,10+/m1/s1. The van der Waals surface area contributed by atoms with E-state index < -0.39 is 0 Å². The van der Waals surface area contributed by atoms with E-state index in [4.69, 9.17) is 4.74 Å². The molecule has 0 aromatic rings. The Bertz CT molecular complexity index is 597. The molecule has 4 aliphatic rings. The van der Waals surface area contributed by atoms with Gasteiger partial charge in [0.2, 0.25) is 0 Å². The summed E-state index contributed by atoms with van der Waals surface area (Å²) in [4.78, 5) is 12.9. The van der Waals surface area contributed by atoms with Crippen LogP contribution in [0.3, 0.4) is 0 Å². The third-order valence-corrected chi connectivity index (χ3v) is 5.50. The number of hydrogen-bond donors (Lipinski definition) is 1. The average Bonchev–Trinajstić information content (AvgIpc) is 2.95. The Labute approximate surface area is 124 Å². The molecule has 1 saturated heterocycles. The summed E-state index contributed by atoms with van der Waals surface area (Å²) < 4.78 is 5.58. The average molecular weight is 287 g/mol. The number of carbonyl (C=O) groups is 1. The Balaban J connectivity index is 1.90. The van der Waals surface area contributed by atoms with Crippen LogP contribution in [0.15, 0.2) is 32.9 Å². The van der Waals surface area contributed by atoms with Gasteiger partial charge in [-0.3, -0.25) is 4.79 Å². The molecule has 4 rings (SSSR count). The lowest BCUT2D eigenvalue weighted by Gasteiger charge is -2.47. The van der Waals surface area contributed by atoms with Crippen molar-refractivity contribution in [3.63, 3.8) is 0 Å². The monoisotopic (exact) mass is 287 g/mol. The highest BCUT2D eigenvalue weighted by molar-refractivity contribution is 6.01. The van der Waals surface area contributed by atoms with E-state index in [9.17, 15) is 4.79 Å². The molecule has 5 heteroatoms. The molecule has 0 aromatic carbocycles. The first-order valence-corrected chi connectivity index (χ1v) is 7.88. The summed E-state index contributed by atoms with van der Waals surface area (Å²) in [5, 5.41) is 11.9. The van der Waals surface area contributed by atoms with Crippen LogP contribution in [0.4, 0.5) is 0 Å². The summed E-state index contributed by atoms with van der Waals surface area (Å²) in [7, 11) is 0. The second kappa shape index (κ2) is 4.50. The van der Waals surface area contributed by atoms with Gasteiger partial charge in [0.1, 0.15) is 0 Å². The van der Waals surface area contributed by atoms with Crippen molar-refractivity contribution < 1.29 is 9.53 Å². The Morgan fingerprint density at radius 3 is 2.76 bits per heavy atom. The number of Topliss-reactive ketones (excluding diaryl/α,β-unsaturated/α-hetero) is 1. The van der Waals surface area contributed by atoms with Crippen molar-refractivity contribution in [2.24, 2.45) is 27.5 Å². The van der Waals surface area contributed by atoms with Crippen molar-refractivity contribution in [3.05, 3.63) is 22.7 Å². The van der Waals surface area contributed by atoms with E-state index in [2.05, 4.69) is 29.4 Å². The molecular weight excluding hydrogens is 266 g/mol. The number of hydrogen-bond acceptors (Lipinski definition) is 5. The maximum absolute atomic E-state index is 12.9. The zero-order chi connectivity index (χ0) is 14.6. The lowest BCUT2D eigenvalue weighted by atomic mass is 9.60. The van der Waals surface area contributed by atoms with Crippen molar-refractivity contribution in [2.75, 3.05) is 19.8 Å². The van der Waals surface area contributed by atoms with Crippen molar-refractivity contribution in [1.82, 2.24) is 5.32 Å². The molecule has 0 unspecified atom stereocenters. The molecule has 1 spiro atoms. The number of dihydropyridines is 1. The zero-order valence-electron chi connectivity index (χ0n) is 12.6. The summed E-state index contributed by atoms with van der Waals surface area (Å²) in [5.41, 5.74) is 3.14. The second-order valence-corrected chi connectivity index (χ2v) is 6.74. The largest absolute Gasteiger partial charge is 0.381 e. The summed E-state index contributed by atoms with van der Waals surface area (Å²) in [6.07, 6.45) is 2.67. The highest BCUT2D eigenvalue weighted by Crippen LogP contribution is 2.54. The first kappa shape index (κ1) is 13.2. The number of rotatable bonds is 0. The Kier molecular flexibility index (Phi) is 2.83. The molecule has 0 radical (unpaired) electrons. The predicted octanol–water partition coefficient (Wildman–Crippen LogP) is 2.56. The van der Waals surface area contributed by atoms with Crippen molar-refractivity contribution in [2.45, 2.75) is 33.1 Å². The maximum Gasteiger partial charge on any atom is 0.164 e. The van der Waals surface area contributed by atoms with Crippen molar-refractivity contribution >= 4 is 5.78 Å². The number of nitrogens with zero attached hydrogens (tertiary/aromatic N) is 2. The van der Waals surface area contributed by atoms with Gasteiger partial charge >= 0.3 is 0 Å². The lowest BCUT2D eigenvalue weighted by molar-refractivity contribution is -0.121. The van der Waals surface area contributed by atoms with Crippen LogP contribution in [0.1, 0.15) is 33.1 Å². The highest BCUT2D eigenvalue weighted by atomic mass is 16.5. The van der Waals surface area contributed by atoms with Gasteiger partial charge in [0, 0.05) is 41.4 Å². The molecule has 0 aromatic heterocycles. The van der Waals surface area contributed by atoms with Gasteiger partial charge in [-0.15, -0.1) is 5.11 Å². The summed E-state index contributed by atoms with van der Waals surface area (Å²) >= 11 is 0. The summed E-state index contributed by atoms with van der Waals surface area (Å²) in [6.45, 7) is 6.31. The minimum atomic E-state index is -0.183. The molecule has 112 valence electrons. The number of nitrogens with one attached hydrogen (secondary N) is 1. The molecule has 21 heavy (non-hydrogen) atoms. The number of azo groups is 1. The van der Waals surface area contributed by atoms with E-state index in [0.717, 1.165) is 36.4 Å². The molecule has 1 aliphatic carbocycles. The van der Waals surface area contributed by atoms with E-state index in [1.54, 1.807) is 0 Å². The van der Waals surface area contributed by atoms with Crippen LogP contribution >= 0.6 is 0 Å². The van der Waals surface area contributed by atoms with Gasteiger partial charge in [0.05, 0.1) is 6.54 Å². The van der Waals surface area contributed by atoms with Crippen LogP contribution in [0.2, 0.25) is 0 Å². The number of fused-ring (bicyclic) bond motifs is 2. The Morgan fingerprint density at radius 1 is 1.24 bits per heavy atom. The van der Waals surface area contributed by atoms with Gasteiger partial charge in [0.25, 0.3) is 0 Å². The molecule has 5 nitrogen and oxygen atoms in total. The minimum Gasteiger partial charge on any atom is -0.381 e. The molecule has 3 heterocycles. The number of carbonyl (C=O) groups excluding carboxylic acids is 1. The molecule has 0 amide bonds. The van der Waals surface area contributed by atoms with Crippen LogP contribution in [0.25, 0.3) is 0 Å². The second-order valence-electron chi connectivity index (χ2n) is 6.74. The SMILES string of the molecule is C[C@@H]1C[C@H](C)C(=O)C2=C1NC1=C(CN=N1)C21CCOCC1. The molecule has 1 N–H and O–H groups in total. The fourth-order valence-electron chi connectivity index (χ4n) is 4.40. The molecule has 3 aliphatic heterocycles. The first-order valence-electron chi connectivity index (χ1n) is 7.88. The molecule has 0 saturated carbocycles. The van der Waals surface area contributed by atoms with E-state index in [1.807, 2.05) is 0 Å². The van der Waals surface area contributed by atoms with E-state index in [-0.39, 0.29) is 11.3 Å². The molecule has 2 atom stereocenters. The van der Waals surface area contributed by atoms with E-state index in [1.165, 1.54) is 5.57 Å². The van der Waals surface area contributed by atoms with Gasteiger partial charge in [-0.2, -0.15) is 5.11 Å². The highest BCUT2D eigenvalue weighted by Gasteiger charge is 2.51. The van der Waals surface area contributed by atoms with Gasteiger partial charge in [-0.1, -0.05) is 13.8 Å². The number of ether oxygens (including phenoxy) is 1. The molecular formula is C16H21N3O2. The van der Waals surface area contributed by atoms with Crippen LogP contribution in [0, 0.1) is 17.3 Å². The third-order valence-electron chi connectivity index (χ3n) is 5.50. The van der Waals surface area contributed by atoms with Gasteiger partial charge in [-0.25, -0.2) is 0 Å². The maximum atomic E-state index is 12.9. The normalized spacial score (nSPS) is 34.1. The molecule has 1 fully saturated rings. The third kappa shape index (κ3) is 1.70.